The lowest BCUT2D eigenvalue weighted by molar-refractivity contribution is -0.116. The number of benzene rings is 2. The van der Waals surface area contributed by atoms with Gasteiger partial charge in [-0.15, -0.1) is 0 Å². The molecule has 1 N–H and O–H groups in total. The Morgan fingerprint density at radius 1 is 0.970 bits per heavy atom. The quantitative estimate of drug-likeness (QED) is 0.593. The summed E-state index contributed by atoms with van der Waals surface area (Å²) >= 11 is 0. The molecular formula is C26H26N2O5. The zero-order chi connectivity index (χ0) is 23.1. The summed E-state index contributed by atoms with van der Waals surface area (Å²) in [6.45, 7) is 1.88. The van der Waals surface area contributed by atoms with Crippen molar-refractivity contribution < 1.29 is 23.5 Å². The lowest BCUT2D eigenvalue weighted by Gasteiger charge is -2.35. The second-order valence-corrected chi connectivity index (χ2v) is 8.35. The van der Waals surface area contributed by atoms with Gasteiger partial charge >= 0.3 is 0 Å². The molecule has 0 radical (unpaired) electrons. The predicted octanol–water partition coefficient (Wildman–Crippen LogP) is 4.97. The van der Waals surface area contributed by atoms with Gasteiger partial charge in [-0.2, -0.15) is 0 Å². The number of aromatic nitrogens is 1. The average molecular weight is 447 g/mol. The highest BCUT2D eigenvalue weighted by Crippen LogP contribution is 2.52. The summed E-state index contributed by atoms with van der Waals surface area (Å²) in [5.41, 5.74) is 5.12. The van der Waals surface area contributed by atoms with Crippen LogP contribution in [0.3, 0.4) is 0 Å². The highest BCUT2D eigenvalue weighted by Gasteiger charge is 2.42. The van der Waals surface area contributed by atoms with E-state index < -0.39 is 0 Å². The standard InChI is InChI=1S/C26H26N2O5/c1-14-23-24(17-12-21(31-3)22(32-4)13-20(17)30-2)25-18(27-26(23)33-28-14)10-16(11-19(25)29)15-8-6-5-7-9-15/h5-9,12-13,16,24,27H,10-11H2,1-4H3/t16-,24-/m1/s1. The smallest absolute Gasteiger partial charge is 0.233 e. The van der Waals surface area contributed by atoms with E-state index >= 15 is 0 Å². The van der Waals surface area contributed by atoms with E-state index in [1.807, 2.05) is 31.2 Å². The largest absolute Gasteiger partial charge is 0.496 e. The molecule has 2 heterocycles. The van der Waals surface area contributed by atoms with E-state index in [1.165, 1.54) is 0 Å². The van der Waals surface area contributed by atoms with Crippen LogP contribution >= 0.6 is 0 Å². The van der Waals surface area contributed by atoms with Crippen molar-refractivity contribution in [1.82, 2.24) is 5.16 Å². The number of nitrogens with one attached hydrogen (secondary N) is 1. The Labute approximate surface area is 192 Å². The molecule has 170 valence electrons. The molecule has 2 aromatic carbocycles. The van der Waals surface area contributed by atoms with Gasteiger partial charge in [0.15, 0.2) is 17.3 Å². The lowest BCUT2D eigenvalue weighted by Crippen LogP contribution is -2.29. The first kappa shape index (κ1) is 21.1. The first-order chi connectivity index (χ1) is 16.0. The number of aryl methyl sites for hydroxylation is 1. The van der Waals surface area contributed by atoms with Crippen LogP contribution in [0.1, 0.15) is 47.1 Å². The molecule has 1 aliphatic carbocycles. The summed E-state index contributed by atoms with van der Waals surface area (Å²) in [5.74, 6) is 2.11. The maximum absolute atomic E-state index is 13.7. The number of carbonyl (C=O) groups is 1. The molecule has 7 heteroatoms. The van der Waals surface area contributed by atoms with Gasteiger partial charge in [0.2, 0.25) is 5.88 Å². The molecule has 2 aliphatic rings. The van der Waals surface area contributed by atoms with Crippen LogP contribution in [-0.4, -0.2) is 32.3 Å². The number of ketones is 1. The Morgan fingerprint density at radius 3 is 2.36 bits per heavy atom. The normalized spacial score (nSPS) is 19.5. The number of nitrogens with zero attached hydrogens (tertiary/aromatic N) is 1. The third kappa shape index (κ3) is 3.44. The molecule has 3 aromatic rings. The number of anilines is 1. The zero-order valence-electron chi connectivity index (χ0n) is 19.1. The predicted molar refractivity (Wildman–Crippen MR) is 123 cm³/mol. The van der Waals surface area contributed by atoms with E-state index in [0.717, 1.165) is 33.7 Å². The minimum atomic E-state index is -0.388. The molecule has 7 nitrogen and oxygen atoms in total. The van der Waals surface area contributed by atoms with Gasteiger partial charge in [0.1, 0.15) is 5.75 Å². The Balaban J connectivity index is 1.69. The summed E-state index contributed by atoms with van der Waals surface area (Å²) in [6.07, 6.45) is 1.15. The van der Waals surface area contributed by atoms with Gasteiger partial charge in [-0.1, -0.05) is 35.5 Å². The molecule has 5 rings (SSSR count). The van der Waals surface area contributed by atoms with E-state index in [0.29, 0.717) is 36.0 Å². The lowest BCUT2D eigenvalue weighted by atomic mass is 9.72. The second kappa shape index (κ2) is 8.31. The number of carbonyl (C=O) groups excluding carboxylic acids is 1. The van der Waals surface area contributed by atoms with E-state index in [9.17, 15) is 4.79 Å². The van der Waals surface area contributed by atoms with Crippen LogP contribution < -0.4 is 19.5 Å². The number of hydrogen-bond acceptors (Lipinski definition) is 7. The molecule has 0 bridgehead atoms. The monoisotopic (exact) mass is 446 g/mol. The molecular weight excluding hydrogens is 420 g/mol. The van der Waals surface area contributed by atoms with Crippen LogP contribution in [0.15, 0.2) is 58.3 Å². The highest BCUT2D eigenvalue weighted by atomic mass is 16.5. The summed E-state index contributed by atoms with van der Waals surface area (Å²) in [7, 11) is 4.78. The number of fused-ring (bicyclic) bond motifs is 1. The zero-order valence-corrected chi connectivity index (χ0v) is 19.1. The van der Waals surface area contributed by atoms with Crippen molar-refractivity contribution in [3.05, 3.63) is 76.1 Å². The van der Waals surface area contributed by atoms with Crippen molar-refractivity contribution in [2.75, 3.05) is 26.6 Å². The van der Waals surface area contributed by atoms with E-state index in [2.05, 4.69) is 22.6 Å². The molecule has 0 saturated heterocycles. The minimum absolute atomic E-state index is 0.100. The highest BCUT2D eigenvalue weighted by molar-refractivity contribution is 6.01. The maximum Gasteiger partial charge on any atom is 0.233 e. The van der Waals surface area contributed by atoms with Crippen molar-refractivity contribution >= 4 is 11.7 Å². The summed E-state index contributed by atoms with van der Waals surface area (Å²) in [6, 6.07) is 13.8. The maximum atomic E-state index is 13.7. The molecule has 0 saturated carbocycles. The van der Waals surface area contributed by atoms with Gasteiger partial charge in [0.05, 0.1) is 38.5 Å². The molecule has 0 unspecified atom stereocenters. The van der Waals surface area contributed by atoms with Crippen LogP contribution in [0.4, 0.5) is 5.88 Å². The Bertz CT molecular complexity index is 1250. The number of rotatable bonds is 5. The van der Waals surface area contributed by atoms with Gasteiger partial charge in [-0.25, -0.2) is 0 Å². The van der Waals surface area contributed by atoms with Gasteiger partial charge in [-0.3, -0.25) is 4.79 Å². The van der Waals surface area contributed by atoms with Crippen molar-refractivity contribution in [1.29, 1.82) is 0 Å². The van der Waals surface area contributed by atoms with Crippen LogP contribution in [-0.2, 0) is 4.79 Å². The molecule has 33 heavy (non-hydrogen) atoms. The Kier molecular flexibility index (Phi) is 5.32. The van der Waals surface area contributed by atoms with E-state index in [4.69, 9.17) is 18.7 Å². The van der Waals surface area contributed by atoms with Gasteiger partial charge < -0.3 is 24.1 Å². The van der Waals surface area contributed by atoms with Crippen LogP contribution in [0.2, 0.25) is 0 Å². The van der Waals surface area contributed by atoms with Crippen LogP contribution in [0.5, 0.6) is 17.2 Å². The second-order valence-electron chi connectivity index (χ2n) is 8.35. The van der Waals surface area contributed by atoms with Crippen molar-refractivity contribution in [3.63, 3.8) is 0 Å². The summed E-state index contributed by atoms with van der Waals surface area (Å²) in [5, 5.41) is 7.56. The van der Waals surface area contributed by atoms with Gasteiger partial charge in [0.25, 0.3) is 0 Å². The third-order valence-electron chi connectivity index (χ3n) is 6.58. The fourth-order valence-electron chi connectivity index (χ4n) is 5.02. The molecule has 1 aromatic heterocycles. The number of Topliss-reactive ketones (excluding diaryl/α,β-unsaturated/α-hetero) is 1. The molecule has 0 amide bonds. The Morgan fingerprint density at radius 2 is 1.67 bits per heavy atom. The summed E-state index contributed by atoms with van der Waals surface area (Å²) in [4.78, 5) is 13.7. The molecule has 1 aliphatic heterocycles. The van der Waals surface area contributed by atoms with Gasteiger partial charge in [0, 0.05) is 29.3 Å². The Hall–Kier alpha value is -3.74. The fraction of sp³-hybridized carbons (Fsp3) is 0.308. The molecule has 0 fully saturated rings. The van der Waals surface area contributed by atoms with Crippen molar-refractivity contribution in [3.8, 4) is 17.2 Å². The van der Waals surface area contributed by atoms with Crippen LogP contribution in [0, 0.1) is 6.92 Å². The van der Waals surface area contributed by atoms with Crippen molar-refractivity contribution in [2.24, 2.45) is 0 Å². The topological polar surface area (TPSA) is 82.8 Å². The van der Waals surface area contributed by atoms with Crippen molar-refractivity contribution in [2.45, 2.75) is 31.6 Å². The van der Waals surface area contributed by atoms with E-state index in [-0.39, 0.29) is 17.6 Å². The number of allylic oxidation sites excluding steroid dienone is 2. The van der Waals surface area contributed by atoms with Gasteiger partial charge in [-0.05, 0) is 30.9 Å². The number of hydrogen-bond donors (Lipinski definition) is 1. The number of methoxy groups -OCH3 is 3. The molecule has 0 spiro atoms. The minimum Gasteiger partial charge on any atom is -0.496 e. The first-order valence-electron chi connectivity index (χ1n) is 10.9. The fourth-order valence-corrected chi connectivity index (χ4v) is 5.02. The van der Waals surface area contributed by atoms with E-state index in [1.54, 1.807) is 27.4 Å². The number of ether oxygens (including phenoxy) is 3. The average Bonchev–Trinajstić information content (AvgIpc) is 3.22. The third-order valence-corrected chi connectivity index (χ3v) is 6.58. The van der Waals surface area contributed by atoms with Crippen LogP contribution in [0.25, 0.3) is 0 Å². The SMILES string of the molecule is COc1cc(OC)c([C@H]2C3=C(C[C@@H](c4ccccc4)CC3=O)Nc3onc(C)c32)cc1OC. The molecule has 2 atom stereocenters. The summed E-state index contributed by atoms with van der Waals surface area (Å²) < 4.78 is 22.4. The first-order valence-corrected chi connectivity index (χ1v) is 10.9.